The van der Waals surface area contributed by atoms with Gasteiger partial charge in [-0.3, -0.25) is 0 Å². The smallest absolute Gasteiger partial charge is 0.128 e. The molecule has 2 aromatic rings. The largest absolute Gasteiger partial charge is 0.306 e. The predicted octanol–water partition coefficient (Wildman–Crippen LogP) is 5.21. The molecule has 0 amide bonds. The van der Waals surface area contributed by atoms with Crippen LogP contribution in [0.1, 0.15) is 40.8 Å². The lowest BCUT2D eigenvalue weighted by atomic mass is 9.92. The number of hydrogen-bond acceptors (Lipinski definition) is 1. The molecule has 0 fully saturated rings. The summed E-state index contributed by atoms with van der Waals surface area (Å²) < 4.78 is 15.6. The van der Waals surface area contributed by atoms with Crippen LogP contribution < -0.4 is 5.32 Å². The number of nitrogens with one attached hydrogen (secondary N) is 1. The molecule has 112 valence electrons. The molecule has 2 aromatic carbocycles. The summed E-state index contributed by atoms with van der Waals surface area (Å²) in [5, 5.41) is 3.41. The molecule has 0 radical (unpaired) electrons. The molecule has 0 aliphatic heterocycles. The molecule has 1 atom stereocenters. The van der Waals surface area contributed by atoms with Gasteiger partial charge in [0.15, 0.2) is 0 Å². The number of halogens is 2. The second-order valence-corrected chi connectivity index (χ2v) is 6.33. The minimum Gasteiger partial charge on any atom is -0.306 e. The van der Waals surface area contributed by atoms with E-state index in [-0.39, 0.29) is 11.9 Å². The average molecular weight is 350 g/mol. The number of rotatable bonds is 4. The Hall–Kier alpha value is -1.19. The number of aryl methyl sites for hydroxylation is 3. The van der Waals surface area contributed by atoms with Gasteiger partial charge in [0.05, 0.1) is 6.04 Å². The van der Waals surface area contributed by atoms with Gasteiger partial charge in [-0.15, -0.1) is 0 Å². The van der Waals surface area contributed by atoms with E-state index in [0.717, 1.165) is 38.8 Å². The van der Waals surface area contributed by atoms with E-state index in [9.17, 15) is 4.39 Å². The molecule has 0 bridgehead atoms. The highest BCUT2D eigenvalue weighted by molar-refractivity contribution is 9.10. The number of benzene rings is 2. The maximum atomic E-state index is 14.5. The van der Waals surface area contributed by atoms with Gasteiger partial charge in [-0.25, -0.2) is 4.39 Å². The van der Waals surface area contributed by atoms with E-state index in [4.69, 9.17) is 0 Å². The second-order valence-electron chi connectivity index (χ2n) is 5.48. The van der Waals surface area contributed by atoms with Crippen molar-refractivity contribution in [1.29, 1.82) is 0 Å². The zero-order valence-corrected chi connectivity index (χ0v) is 14.5. The maximum absolute atomic E-state index is 14.5. The molecule has 0 saturated carbocycles. The van der Waals surface area contributed by atoms with Crippen molar-refractivity contribution >= 4 is 15.9 Å². The van der Waals surface area contributed by atoms with Crippen LogP contribution in [0, 0.1) is 26.6 Å². The summed E-state index contributed by atoms with van der Waals surface area (Å²) in [5.41, 5.74) is 4.92. The van der Waals surface area contributed by atoms with Crippen LogP contribution in [-0.4, -0.2) is 6.54 Å². The predicted molar refractivity (Wildman–Crippen MR) is 90.3 cm³/mol. The van der Waals surface area contributed by atoms with E-state index in [1.54, 1.807) is 6.07 Å². The van der Waals surface area contributed by atoms with Gasteiger partial charge in [0.25, 0.3) is 0 Å². The van der Waals surface area contributed by atoms with E-state index >= 15 is 0 Å². The first kappa shape index (κ1) is 16.2. The summed E-state index contributed by atoms with van der Waals surface area (Å²) in [7, 11) is 0. The van der Waals surface area contributed by atoms with E-state index in [2.05, 4.69) is 34.2 Å². The van der Waals surface area contributed by atoms with Gasteiger partial charge in [0, 0.05) is 10.0 Å². The zero-order valence-electron chi connectivity index (χ0n) is 12.9. The van der Waals surface area contributed by atoms with Gasteiger partial charge in [-0.2, -0.15) is 0 Å². The molecule has 1 unspecified atom stereocenters. The third-order valence-corrected chi connectivity index (χ3v) is 4.58. The Balaban J connectivity index is 2.55. The highest BCUT2D eigenvalue weighted by Crippen LogP contribution is 2.30. The summed E-state index contributed by atoms with van der Waals surface area (Å²) in [4.78, 5) is 0. The Morgan fingerprint density at radius 3 is 2.38 bits per heavy atom. The molecule has 3 heteroatoms. The molecule has 0 spiro atoms. The van der Waals surface area contributed by atoms with E-state index < -0.39 is 0 Å². The third-order valence-electron chi connectivity index (χ3n) is 3.69. The zero-order chi connectivity index (χ0) is 15.6. The molecule has 0 saturated heterocycles. The topological polar surface area (TPSA) is 12.0 Å². The fourth-order valence-corrected chi connectivity index (χ4v) is 2.98. The van der Waals surface area contributed by atoms with E-state index in [0.29, 0.717) is 0 Å². The van der Waals surface area contributed by atoms with Crippen molar-refractivity contribution in [1.82, 2.24) is 5.32 Å². The van der Waals surface area contributed by atoms with Crippen LogP contribution in [0.3, 0.4) is 0 Å². The van der Waals surface area contributed by atoms with Gasteiger partial charge >= 0.3 is 0 Å². The molecule has 0 heterocycles. The monoisotopic (exact) mass is 349 g/mol. The first-order valence-electron chi connectivity index (χ1n) is 7.20. The first-order chi connectivity index (χ1) is 9.93. The number of hydrogen-bond donors (Lipinski definition) is 1. The maximum Gasteiger partial charge on any atom is 0.128 e. The third kappa shape index (κ3) is 3.53. The van der Waals surface area contributed by atoms with Crippen LogP contribution in [0.25, 0.3) is 0 Å². The average Bonchev–Trinajstić information content (AvgIpc) is 2.40. The molecule has 21 heavy (non-hydrogen) atoms. The Bertz CT molecular complexity index is 629. The molecule has 2 rings (SSSR count). The summed E-state index contributed by atoms with van der Waals surface area (Å²) in [6, 6.07) is 9.70. The molecule has 0 aliphatic rings. The van der Waals surface area contributed by atoms with Crippen molar-refractivity contribution in [2.75, 3.05) is 6.54 Å². The lowest BCUT2D eigenvalue weighted by Crippen LogP contribution is -2.24. The minimum absolute atomic E-state index is 0.123. The Labute approximate surface area is 134 Å². The highest BCUT2D eigenvalue weighted by atomic mass is 79.9. The van der Waals surface area contributed by atoms with Crippen molar-refractivity contribution in [3.05, 3.63) is 68.4 Å². The van der Waals surface area contributed by atoms with Gasteiger partial charge in [0.1, 0.15) is 5.82 Å². The quantitative estimate of drug-likeness (QED) is 0.798. The second kappa shape index (κ2) is 6.71. The lowest BCUT2D eigenvalue weighted by Gasteiger charge is -2.22. The minimum atomic E-state index is -0.140. The molecular weight excluding hydrogens is 329 g/mol. The molecule has 1 nitrogen and oxygen atoms in total. The SMILES string of the molecule is CCNC(c1ccc(Br)c(C)c1)c1c(C)cc(C)cc1F. The van der Waals surface area contributed by atoms with Gasteiger partial charge < -0.3 is 5.32 Å². The van der Waals surface area contributed by atoms with Crippen molar-refractivity contribution in [3.8, 4) is 0 Å². The Morgan fingerprint density at radius 2 is 1.81 bits per heavy atom. The Kier molecular flexibility index (Phi) is 5.17. The van der Waals surface area contributed by atoms with Gasteiger partial charge in [-0.05, 0) is 61.7 Å². The molecule has 1 N–H and O–H groups in total. The lowest BCUT2D eigenvalue weighted by molar-refractivity contribution is 0.555. The van der Waals surface area contributed by atoms with Crippen LogP contribution in [0.15, 0.2) is 34.8 Å². The van der Waals surface area contributed by atoms with Crippen LogP contribution in [-0.2, 0) is 0 Å². The standard InChI is InChI=1S/C18H21BrFN/c1-5-21-18(14-6-7-15(19)12(3)10-14)17-13(4)8-11(2)9-16(17)20/h6-10,18,21H,5H2,1-4H3. The van der Waals surface area contributed by atoms with Crippen molar-refractivity contribution in [3.63, 3.8) is 0 Å². The van der Waals surface area contributed by atoms with Crippen LogP contribution in [0.4, 0.5) is 4.39 Å². The summed E-state index contributed by atoms with van der Waals surface area (Å²) in [6.45, 7) is 8.77. The van der Waals surface area contributed by atoms with Crippen molar-refractivity contribution in [2.45, 2.75) is 33.7 Å². The molecular formula is C18H21BrFN. The summed E-state index contributed by atoms with van der Waals surface area (Å²) >= 11 is 3.52. The summed E-state index contributed by atoms with van der Waals surface area (Å²) in [5.74, 6) is -0.140. The molecule has 0 aromatic heterocycles. The fraction of sp³-hybridized carbons (Fsp3) is 0.333. The Morgan fingerprint density at radius 1 is 1.10 bits per heavy atom. The molecule has 0 aliphatic carbocycles. The normalized spacial score (nSPS) is 12.5. The fourth-order valence-electron chi connectivity index (χ4n) is 2.73. The van der Waals surface area contributed by atoms with Gasteiger partial charge in [-0.1, -0.05) is 41.1 Å². The highest BCUT2D eigenvalue weighted by Gasteiger charge is 2.20. The van der Waals surface area contributed by atoms with Crippen LogP contribution in [0.2, 0.25) is 0 Å². The first-order valence-corrected chi connectivity index (χ1v) is 7.99. The van der Waals surface area contributed by atoms with Crippen LogP contribution >= 0.6 is 15.9 Å². The van der Waals surface area contributed by atoms with Crippen molar-refractivity contribution < 1.29 is 4.39 Å². The summed E-state index contributed by atoms with van der Waals surface area (Å²) in [6.07, 6.45) is 0. The van der Waals surface area contributed by atoms with Gasteiger partial charge in [0.2, 0.25) is 0 Å². The van der Waals surface area contributed by atoms with Crippen molar-refractivity contribution in [2.24, 2.45) is 0 Å². The van der Waals surface area contributed by atoms with E-state index in [1.807, 2.05) is 39.0 Å². The van der Waals surface area contributed by atoms with E-state index in [1.165, 1.54) is 0 Å². The van der Waals surface area contributed by atoms with Crippen LogP contribution in [0.5, 0.6) is 0 Å².